The lowest BCUT2D eigenvalue weighted by Gasteiger charge is -2.32. The first-order chi connectivity index (χ1) is 30.7. The van der Waals surface area contributed by atoms with Crippen molar-refractivity contribution in [1.82, 2.24) is 40.9 Å². The van der Waals surface area contributed by atoms with Crippen LogP contribution >= 0.6 is 11.8 Å². The number of fused-ring (bicyclic) bond motifs is 1. The van der Waals surface area contributed by atoms with Crippen molar-refractivity contribution in [1.29, 1.82) is 0 Å². The van der Waals surface area contributed by atoms with Gasteiger partial charge in [0, 0.05) is 57.6 Å². The van der Waals surface area contributed by atoms with Crippen LogP contribution in [0.15, 0.2) is 42.7 Å². The van der Waals surface area contributed by atoms with Gasteiger partial charge in [0.25, 0.3) is 0 Å². The number of amides is 7. The van der Waals surface area contributed by atoms with Crippen molar-refractivity contribution < 1.29 is 43.4 Å². The van der Waals surface area contributed by atoms with Gasteiger partial charge in [0.15, 0.2) is 0 Å². The molecule has 2 aliphatic heterocycles. The van der Waals surface area contributed by atoms with Crippen LogP contribution in [0.3, 0.4) is 0 Å². The number of primary amides is 1. The van der Waals surface area contributed by atoms with Gasteiger partial charge in [-0.3, -0.25) is 33.6 Å². The molecule has 0 aromatic heterocycles. The van der Waals surface area contributed by atoms with Crippen molar-refractivity contribution >= 4 is 53.1 Å². The van der Waals surface area contributed by atoms with Gasteiger partial charge in [0.05, 0.1) is 56.8 Å². The number of methoxy groups -OCH3 is 1. The summed E-state index contributed by atoms with van der Waals surface area (Å²) in [4.78, 5) is 96.9. The number of ether oxygens (including phenoxy) is 1. The van der Waals surface area contributed by atoms with Crippen LogP contribution in [0.1, 0.15) is 83.2 Å². The van der Waals surface area contributed by atoms with E-state index in [4.69, 9.17) is 16.2 Å². The van der Waals surface area contributed by atoms with E-state index in [0.29, 0.717) is 62.5 Å². The molecule has 19 nitrogen and oxygen atoms in total. The summed E-state index contributed by atoms with van der Waals surface area (Å²) in [7, 11) is 1.42. The van der Waals surface area contributed by atoms with Crippen LogP contribution < -0.4 is 32.7 Å². The zero-order chi connectivity index (χ0) is 47.0. The summed E-state index contributed by atoms with van der Waals surface area (Å²) in [5.41, 5.74) is 12.2. The summed E-state index contributed by atoms with van der Waals surface area (Å²) in [6, 6.07) is 8.60. The molecule has 0 bridgehead atoms. The summed E-state index contributed by atoms with van der Waals surface area (Å²) < 4.78 is 5.16. The second kappa shape index (κ2) is 28.8. The van der Waals surface area contributed by atoms with Gasteiger partial charge in [-0.15, -0.1) is 0 Å². The summed E-state index contributed by atoms with van der Waals surface area (Å²) in [6.07, 6.45) is 5.51. The molecule has 1 aromatic rings. The molecule has 64 heavy (non-hydrogen) atoms. The fraction of sp³-hybridized carbons (Fsp3) is 0.659. The van der Waals surface area contributed by atoms with E-state index in [1.807, 2.05) is 49.0 Å². The number of thioether (sulfide) groups is 1. The van der Waals surface area contributed by atoms with Gasteiger partial charge in [0.2, 0.25) is 41.4 Å². The van der Waals surface area contributed by atoms with Crippen LogP contribution in [-0.4, -0.2) is 174 Å². The molecule has 2 aliphatic rings. The van der Waals surface area contributed by atoms with E-state index in [1.165, 1.54) is 28.7 Å². The molecular weight excluding hydrogens is 845 g/mol. The molecule has 1 aromatic carbocycles. The number of hydrogen-bond donors (Lipinski definition) is 7. The van der Waals surface area contributed by atoms with Crippen LogP contribution in [0, 0.1) is 0 Å². The second-order valence-electron chi connectivity index (χ2n) is 16.3. The molecule has 358 valence electrons. The molecule has 2 saturated heterocycles. The number of carbonyl (C=O) groups is 7. The molecule has 0 radical (unpaired) electrons. The van der Waals surface area contributed by atoms with Gasteiger partial charge in [-0.25, -0.2) is 0 Å². The molecule has 0 aliphatic carbocycles. The minimum Gasteiger partial charge on any atom is -0.395 e. The fourth-order valence-corrected chi connectivity index (χ4v) is 9.26. The molecule has 20 heteroatoms. The zero-order valence-corrected chi connectivity index (χ0v) is 38.7. The van der Waals surface area contributed by atoms with Crippen LogP contribution in [0.2, 0.25) is 0 Å². The lowest BCUT2D eigenvalue weighted by atomic mass is 10.0. The summed E-state index contributed by atoms with van der Waals surface area (Å²) in [6.45, 7) is 5.67. The highest BCUT2D eigenvalue weighted by atomic mass is 32.2. The number of nitrogens with zero attached hydrogens (tertiary/aromatic N) is 4. The van der Waals surface area contributed by atoms with E-state index >= 15 is 0 Å². The van der Waals surface area contributed by atoms with Crippen molar-refractivity contribution in [2.75, 3.05) is 85.0 Å². The number of nitrogens with two attached hydrogens (primary N) is 2. The van der Waals surface area contributed by atoms with Crippen LogP contribution in [0.5, 0.6) is 0 Å². The number of hydrogen-bond acceptors (Lipinski definition) is 13. The summed E-state index contributed by atoms with van der Waals surface area (Å²) in [5.74, 6) is -1.58. The van der Waals surface area contributed by atoms with Crippen LogP contribution in [0.25, 0.3) is 0 Å². The number of carbonyl (C=O) groups excluding carboxylic acids is 7. The topological polar surface area (TPSA) is 262 Å². The van der Waals surface area contributed by atoms with E-state index in [0.717, 1.165) is 41.3 Å². The third kappa shape index (κ3) is 18.3. The average molecular weight is 917 g/mol. The third-order valence-corrected chi connectivity index (χ3v) is 12.9. The van der Waals surface area contributed by atoms with E-state index in [9.17, 15) is 38.7 Å². The third-order valence-electron chi connectivity index (χ3n) is 11.4. The largest absolute Gasteiger partial charge is 0.395 e. The van der Waals surface area contributed by atoms with Crippen molar-refractivity contribution in [3.05, 3.63) is 48.3 Å². The molecule has 2 fully saturated rings. The lowest BCUT2D eigenvalue weighted by Crippen LogP contribution is -2.53. The Labute approximate surface area is 382 Å². The van der Waals surface area contributed by atoms with Gasteiger partial charge in [-0.1, -0.05) is 43.3 Å². The number of aliphatic hydroxyl groups excluding tert-OH is 1. The Morgan fingerprint density at radius 3 is 2.19 bits per heavy atom. The number of nitrogens with one attached hydrogen (secondary N) is 4. The van der Waals surface area contributed by atoms with E-state index in [-0.39, 0.29) is 51.0 Å². The maximum absolute atomic E-state index is 13.8. The molecule has 0 saturated carbocycles. The predicted octanol–water partition coefficient (Wildman–Crippen LogP) is -0.207. The molecule has 9 N–H and O–H groups in total. The smallest absolute Gasteiger partial charge is 0.242 e. The normalized spacial score (nSPS) is 17.3. The molecule has 1 unspecified atom stereocenters. The monoisotopic (exact) mass is 917 g/mol. The minimum absolute atomic E-state index is 0.0274. The zero-order valence-electron chi connectivity index (χ0n) is 37.9. The van der Waals surface area contributed by atoms with Crippen LogP contribution in [-0.2, 0) is 38.3 Å². The van der Waals surface area contributed by atoms with E-state index in [2.05, 4.69) is 27.8 Å². The standard InChI is InChI=1S/C44H72N10O9S/c1-31(34-14-6-5-7-15-34)54(33(3)56)29-42(61)51(21-13-11-19-45)27-40(59)52(22-24-55)28-41(60)53(23-25-63-4)26-39(58)50-35(44(46)62)16-10-12-20-47-38(57)18-9-8-17-37-43-36(30-64-37)48-32(2)49-43/h5-7,14-15,31,35-37,43,48-49,55H,2,8-13,16-30,45H2,1,3-4H3,(H2,46,62)(H,47,57)(H,50,58)/t31-,35-,36-,37?,43-/m0/s1. The van der Waals surface area contributed by atoms with Crippen molar-refractivity contribution in [3.63, 3.8) is 0 Å². The first-order valence-corrected chi connectivity index (χ1v) is 23.4. The van der Waals surface area contributed by atoms with Crippen molar-refractivity contribution in [3.8, 4) is 0 Å². The summed E-state index contributed by atoms with van der Waals surface area (Å²) >= 11 is 1.95. The van der Waals surface area contributed by atoms with Crippen molar-refractivity contribution in [2.45, 2.75) is 101 Å². The predicted molar refractivity (Wildman–Crippen MR) is 245 cm³/mol. The average Bonchev–Trinajstić information content (AvgIpc) is 3.83. The molecular formula is C44H72N10O9S. The first-order valence-electron chi connectivity index (χ1n) is 22.3. The Morgan fingerprint density at radius 2 is 1.55 bits per heavy atom. The Hall–Kier alpha value is -4.92. The first kappa shape index (κ1) is 53.4. The molecule has 5 atom stereocenters. The minimum atomic E-state index is -1.03. The van der Waals surface area contributed by atoms with Gasteiger partial charge in [-0.05, 0) is 64.0 Å². The second-order valence-corrected chi connectivity index (χ2v) is 17.5. The lowest BCUT2D eigenvalue weighted by molar-refractivity contribution is -0.147. The Morgan fingerprint density at radius 1 is 0.875 bits per heavy atom. The van der Waals surface area contributed by atoms with Gasteiger partial charge in [-0.2, -0.15) is 11.8 Å². The number of aliphatic hydroxyl groups is 1. The summed E-state index contributed by atoms with van der Waals surface area (Å²) in [5, 5.41) is 22.7. The maximum atomic E-state index is 13.8. The Balaban J connectivity index is 1.50. The maximum Gasteiger partial charge on any atom is 0.242 e. The highest BCUT2D eigenvalue weighted by molar-refractivity contribution is 8.00. The SMILES string of the molecule is C=C1N[C@H]2CSC(CCCCC(=O)NCCCC[C@H](NC(=O)CN(CCOC)C(=O)CN(CCO)C(=O)CN(CCCCN)C(=O)CN(C(C)=O)[C@@H](C)c3ccccc3)C(N)=O)[C@H]2N1. The molecule has 0 spiro atoms. The molecule has 2 heterocycles. The number of unbranched alkanes of at least 4 members (excludes halogenated alkanes) is 3. The highest BCUT2D eigenvalue weighted by Crippen LogP contribution is 2.34. The number of benzene rings is 1. The van der Waals surface area contributed by atoms with E-state index in [1.54, 1.807) is 0 Å². The molecule has 3 rings (SSSR count). The van der Waals surface area contributed by atoms with Gasteiger partial charge >= 0.3 is 0 Å². The Kier molecular flexibility index (Phi) is 24.0. The van der Waals surface area contributed by atoms with Gasteiger partial charge in [0.1, 0.15) is 12.6 Å². The number of rotatable bonds is 31. The van der Waals surface area contributed by atoms with E-state index < -0.39 is 67.9 Å². The highest BCUT2D eigenvalue weighted by Gasteiger charge is 2.40. The van der Waals surface area contributed by atoms with Crippen molar-refractivity contribution in [2.24, 2.45) is 11.5 Å². The van der Waals surface area contributed by atoms with Crippen LogP contribution in [0.4, 0.5) is 0 Å². The van der Waals surface area contributed by atoms with Gasteiger partial charge < -0.3 is 62.2 Å². The quantitative estimate of drug-likeness (QED) is 0.0477. The molecule has 7 amide bonds. The fourth-order valence-electron chi connectivity index (χ4n) is 7.72. The Bertz CT molecular complexity index is 1690.